The molecule has 0 aliphatic carbocycles. The quantitative estimate of drug-likeness (QED) is 0.317. The summed E-state index contributed by atoms with van der Waals surface area (Å²) in [6.07, 6.45) is 1.92. The molecule has 0 saturated heterocycles. The molecule has 5 aromatic rings. The van der Waals surface area contributed by atoms with Gasteiger partial charge >= 0.3 is 0 Å². The van der Waals surface area contributed by atoms with Crippen molar-refractivity contribution in [2.45, 2.75) is 33.1 Å². The Hall–Kier alpha value is -3.39. The Morgan fingerprint density at radius 1 is 0.700 bits per heavy atom. The van der Waals surface area contributed by atoms with Crippen molar-refractivity contribution in [2.75, 3.05) is 0 Å². The predicted molar refractivity (Wildman–Crippen MR) is 125 cm³/mol. The topological polar surface area (TPSA) is 26.0 Å². The third kappa shape index (κ3) is 3.00. The van der Waals surface area contributed by atoms with E-state index in [0.717, 1.165) is 33.2 Å². The summed E-state index contributed by atoms with van der Waals surface area (Å²) in [5, 5.41) is 2.30. The number of aryl methyl sites for hydroxylation is 2. The molecule has 0 spiro atoms. The molecule has 0 saturated carbocycles. The molecular formula is C28H25NO. The van der Waals surface area contributed by atoms with Gasteiger partial charge in [0.2, 0.25) is 0 Å². The first kappa shape index (κ1) is 18.6. The van der Waals surface area contributed by atoms with Crippen molar-refractivity contribution in [1.29, 1.82) is 0 Å². The average Bonchev–Trinajstić information content (AvgIpc) is 3.11. The van der Waals surface area contributed by atoms with Crippen LogP contribution in [0.5, 0.6) is 0 Å². The lowest BCUT2D eigenvalue weighted by molar-refractivity contribution is 0.640. The average molecular weight is 392 g/mol. The SMILES string of the molecule is Cc1cc2oc3ccc(-c4cc(C(C)(C)c5ccccc5)ccn4)cc3c2cc1C. The molecule has 0 atom stereocenters. The van der Waals surface area contributed by atoms with E-state index in [1.54, 1.807) is 0 Å². The number of rotatable bonds is 3. The summed E-state index contributed by atoms with van der Waals surface area (Å²) >= 11 is 0. The fourth-order valence-corrected chi connectivity index (χ4v) is 4.19. The van der Waals surface area contributed by atoms with Gasteiger partial charge in [0.1, 0.15) is 11.2 Å². The van der Waals surface area contributed by atoms with Crippen molar-refractivity contribution in [2.24, 2.45) is 0 Å². The maximum atomic E-state index is 6.09. The normalized spacial score (nSPS) is 12.0. The zero-order valence-corrected chi connectivity index (χ0v) is 17.9. The van der Waals surface area contributed by atoms with Crippen LogP contribution in [0.3, 0.4) is 0 Å². The molecule has 3 aromatic carbocycles. The maximum Gasteiger partial charge on any atom is 0.135 e. The summed E-state index contributed by atoms with van der Waals surface area (Å²) in [7, 11) is 0. The molecule has 0 aliphatic heterocycles. The second kappa shape index (κ2) is 6.84. The molecule has 0 radical (unpaired) electrons. The molecule has 2 heterocycles. The van der Waals surface area contributed by atoms with Crippen molar-refractivity contribution < 1.29 is 4.42 Å². The van der Waals surface area contributed by atoms with E-state index in [9.17, 15) is 0 Å². The predicted octanol–water partition coefficient (Wildman–Crippen LogP) is 7.59. The number of hydrogen-bond acceptors (Lipinski definition) is 2. The third-order valence-electron chi connectivity index (χ3n) is 6.36. The van der Waals surface area contributed by atoms with E-state index < -0.39 is 0 Å². The van der Waals surface area contributed by atoms with E-state index >= 15 is 0 Å². The van der Waals surface area contributed by atoms with Crippen molar-refractivity contribution in [1.82, 2.24) is 4.98 Å². The monoisotopic (exact) mass is 391 g/mol. The molecule has 2 heteroatoms. The number of hydrogen-bond donors (Lipinski definition) is 0. The largest absolute Gasteiger partial charge is 0.456 e. The molecule has 0 unspecified atom stereocenters. The van der Waals surface area contributed by atoms with Crippen molar-refractivity contribution >= 4 is 21.9 Å². The smallest absolute Gasteiger partial charge is 0.135 e. The number of fused-ring (bicyclic) bond motifs is 3. The Bertz CT molecular complexity index is 1380. The van der Waals surface area contributed by atoms with Crippen LogP contribution < -0.4 is 0 Å². The summed E-state index contributed by atoms with van der Waals surface area (Å²) in [5.41, 5.74) is 8.92. The van der Waals surface area contributed by atoms with E-state index in [1.165, 1.54) is 22.3 Å². The molecule has 148 valence electrons. The van der Waals surface area contributed by atoms with E-state index in [4.69, 9.17) is 4.42 Å². The molecule has 30 heavy (non-hydrogen) atoms. The molecule has 2 nitrogen and oxygen atoms in total. The lowest BCUT2D eigenvalue weighted by Gasteiger charge is -2.26. The fraction of sp³-hybridized carbons (Fsp3) is 0.179. The van der Waals surface area contributed by atoms with E-state index in [0.29, 0.717) is 0 Å². The molecule has 5 rings (SSSR count). The molecule has 0 amide bonds. The summed E-state index contributed by atoms with van der Waals surface area (Å²) in [6, 6.07) is 25.7. The molecule has 0 bridgehead atoms. The van der Waals surface area contributed by atoms with Gasteiger partial charge in [-0.25, -0.2) is 0 Å². The minimum absolute atomic E-state index is 0.0972. The van der Waals surface area contributed by atoms with Crippen LogP contribution in [0.1, 0.15) is 36.1 Å². The van der Waals surface area contributed by atoms with Gasteiger partial charge in [-0.05, 0) is 78.6 Å². The van der Waals surface area contributed by atoms with Crippen LogP contribution in [0.15, 0.2) is 83.4 Å². The minimum atomic E-state index is -0.0972. The van der Waals surface area contributed by atoms with Crippen molar-refractivity contribution in [3.05, 3.63) is 101 Å². The Balaban J connectivity index is 1.63. The highest BCUT2D eigenvalue weighted by atomic mass is 16.3. The highest BCUT2D eigenvalue weighted by Gasteiger charge is 2.23. The first-order valence-corrected chi connectivity index (χ1v) is 10.4. The van der Waals surface area contributed by atoms with Crippen LogP contribution in [0.25, 0.3) is 33.2 Å². The lowest BCUT2D eigenvalue weighted by atomic mass is 9.78. The molecule has 2 aromatic heterocycles. The van der Waals surface area contributed by atoms with E-state index in [1.807, 2.05) is 6.20 Å². The Labute approximate surface area is 177 Å². The Morgan fingerprint density at radius 3 is 2.23 bits per heavy atom. The summed E-state index contributed by atoms with van der Waals surface area (Å²) in [6.45, 7) is 8.80. The van der Waals surface area contributed by atoms with Crippen molar-refractivity contribution in [3.8, 4) is 11.3 Å². The van der Waals surface area contributed by atoms with Gasteiger partial charge in [-0.1, -0.05) is 44.2 Å². The lowest BCUT2D eigenvalue weighted by Crippen LogP contribution is -2.18. The first-order chi connectivity index (χ1) is 14.4. The van der Waals surface area contributed by atoms with E-state index in [-0.39, 0.29) is 5.41 Å². The second-order valence-electron chi connectivity index (χ2n) is 8.67. The summed E-state index contributed by atoms with van der Waals surface area (Å²) in [5.74, 6) is 0. The van der Waals surface area contributed by atoms with Gasteiger partial charge in [0, 0.05) is 27.9 Å². The Morgan fingerprint density at radius 2 is 1.43 bits per heavy atom. The first-order valence-electron chi connectivity index (χ1n) is 10.4. The van der Waals surface area contributed by atoms with E-state index in [2.05, 4.69) is 105 Å². The number of furan rings is 1. The van der Waals surface area contributed by atoms with Crippen LogP contribution >= 0.6 is 0 Å². The second-order valence-corrected chi connectivity index (χ2v) is 8.67. The van der Waals surface area contributed by atoms with Crippen LogP contribution in [0.2, 0.25) is 0 Å². The number of aromatic nitrogens is 1. The van der Waals surface area contributed by atoms with Gasteiger partial charge in [0.15, 0.2) is 0 Å². The molecular weight excluding hydrogens is 366 g/mol. The third-order valence-corrected chi connectivity index (χ3v) is 6.36. The molecule has 0 fully saturated rings. The van der Waals surface area contributed by atoms with Gasteiger partial charge < -0.3 is 4.42 Å². The van der Waals surface area contributed by atoms with Crippen LogP contribution in [-0.4, -0.2) is 4.98 Å². The van der Waals surface area contributed by atoms with Crippen molar-refractivity contribution in [3.63, 3.8) is 0 Å². The highest BCUT2D eigenvalue weighted by Crippen LogP contribution is 2.36. The maximum absolute atomic E-state index is 6.09. The van der Waals surface area contributed by atoms with Gasteiger partial charge in [0.05, 0.1) is 5.69 Å². The minimum Gasteiger partial charge on any atom is -0.456 e. The fourth-order valence-electron chi connectivity index (χ4n) is 4.19. The zero-order valence-electron chi connectivity index (χ0n) is 17.9. The highest BCUT2D eigenvalue weighted by molar-refractivity contribution is 6.06. The zero-order chi connectivity index (χ0) is 20.9. The molecule has 0 N–H and O–H groups in total. The number of pyridine rings is 1. The number of benzene rings is 3. The Kier molecular flexibility index (Phi) is 4.25. The van der Waals surface area contributed by atoms with Gasteiger partial charge in [-0.3, -0.25) is 4.98 Å². The van der Waals surface area contributed by atoms with Crippen LogP contribution in [0, 0.1) is 13.8 Å². The summed E-state index contributed by atoms with van der Waals surface area (Å²) in [4.78, 5) is 4.69. The van der Waals surface area contributed by atoms with Gasteiger partial charge in [-0.2, -0.15) is 0 Å². The van der Waals surface area contributed by atoms with Gasteiger partial charge in [-0.15, -0.1) is 0 Å². The standard InChI is InChI=1S/C28H25NO/c1-18-14-23-24-16-20(10-11-26(24)30-27(23)15-19(18)2)25-17-22(12-13-29-25)28(3,4)21-8-6-5-7-9-21/h5-17H,1-4H3. The van der Waals surface area contributed by atoms with Crippen LogP contribution in [0.4, 0.5) is 0 Å². The van der Waals surface area contributed by atoms with Gasteiger partial charge in [0.25, 0.3) is 0 Å². The van der Waals surface area contributed by atoms with Crippen LogP contribution in [-0.2, 0) is 5.41 Å². The molecule has 0 aliphatic rings. The number of nitrogens with zero attached hydrogens (tertiary/aromatic N) is 1. The summed E-state index contributed by atoms with van der Waals surface area (Å²) < 4.78 is 6.09.